The summed E-state index contributed by atoms with van der Waals surface area (Å²) in [6.07, 6.45) is 0. The lowest BCUT2D eigenvalue weighted by molar-refractivity contribution is 1.07. The number of hydrogen-bond donors (Lipinski definition) is 0. The second kappa shape index (κ2) is 23.6. The average Bonchev–Trinajstić information content (AvgIpc) is 1.63. The SMILES string of the molecule is c1ccc(-c2cc(-c3ccc(-n4c5cc(-c6nc(-c7ccccc7)nc(-c7ccccc7)n6)ccc5c5ccc(-c6nc(-c7ccccc7)nc(-c7ccccc7)n6)cc54)c(-c4nc(-c5ccccc5)cc(-c5ccccc5)n4)c3)nc(-c3ccccc3)n2)cc1. The molecule has 0 atom stereocenters. The van der Waals surface area contributed by atoms with Gasteiger partial charge in [-0.25, -0.2) is 49.8 Å². The minimum atomic E-state index is 0.509. The van der Waals surface area contributed by atoms with Crippen molar-refractivity contribution in [3.63, 3.8) is 0 Å². The van der Waals surface area contributed by atoms with E-state index in [1.54, 1.807) is 0 Å². The van der Waals surface area contributed by atoms with Crippen molar-refractivity contribution < 1.29 is 0 Å². The molecular formula is C80H51N11. The summed E-state index contributed by atoms with van der Waals surface area (Å²) in [5.74, 6) is 4.42. The fraction of sp³-hybridized carbons (Fsp3) is 0. The summed E-state index contributed by atoms with van der Waals surface area (Å²) < 4.78 is 2.32. The van der Waals surface area contributed by atoms with E-state index >= 15 is 0 Å². The summed E-state index contributed by atoms with van der Waals surface area (Å²) in [5.41, 5.74) is 16.1. The van der Waals surface area contributed by atoms with Gasteiger partial charge in [0.05, 0.1) is 39.5 Å². The normalized spacial score (nSPS) is 11.3. The van der Waals surface area contributed by atoms with Crippen molar-refractivity contribution in [2.75, 3.05) is 0 Å². The van der Waals surface area contributed by atoms with Crippen LogP contribution in [0.1, 0.15) is 0 Å². The molecule has 0 spiro atoms. The molecule has 0 aliphatic rings. The Bertz CT molecular complexity index is 4900. The van der Waals surface area contributed by atoms with Gasteiger partial charge in [-0.3, -0.25) is 0 Å². The van der Waals surface area contributed by atoms with Crippen molar-refractivity contribution in [1.82, 2.24) is 54.4 Å². The zero-order chi connectivity index (χ0) is 60.5. The van der Waals surface area contributed by atoms with Crippen LogP contribution in [0.3, 0.4) is 0 Å². The zero-order valence-electron chi connectivity index (χ0n) is 48.9. The largest absolute Gasteiger partial charge is 0.308 e. The quantitative estimate of drug-likeness (QED) is 0.110. The Kier molecular flexibility index (Phi) is 14.0. The van der Waals surface area contributed by atoms with Crippen molar-refractivity contribution in [3.8, 4) is 142 Å². The Morgan fingerprint density at radius 1 is 0.176 bits per heavy atom. The van der Waals surface area contributed by atoms with E-state index < -0.39 is 0 Å². The second-order valence-electron chi connectivity index (χ2n) is 22.0. The fourth-order valence-electron chi connectivity index (χ4n) is 11.7. The Morgan fingerprint density at radius 3 is 0.747 bits per heavy atom. The van der Waals surface area contributed by atoms with E-state index in [0.717, 1.165) is 117 Å². The smallest absolute Gasteiger partial charge is 0.164 e. The number of nitrogens with zero attached hydrogens (tertiary/aromatic N) is 11. The van der Waals surface area contributed by atoms with Gasteiger partial charge in [0.2, 0.25) is 0 Å². The number of aromatic nitrogens is 11. The van der Waals surface area contributed by atoms with E-state index in [4.69, 9.17) is 49.8 Å². The molecule has 0 N–H and O–H groups in total. The number of hydrogen-bond acceptors (Lipinski definition) is 10. The first-order chi connectivity index (χ1) is 45.1. The van der Waals surface area contributed by atoms with E-state index in [0.29, 0.717) is 46.6 Å². The van der Waals surface area contributed by atoms with Gasteiger partial charge in [0.1, 0.15) is 0 Å². The Morgan fingerprint density at radius 2 is 0.429 bits per heavy atom. The minimum absolute atomic E-state index is 0.509. The molecule has 5 aromatic heterocycles. The van der Waals surface area contributed by atoms with Gasteiger partial charge in [-0.05, 0) is 36.4 Å². The summed E-state index contributed by atoms with van der Waals surface area (Å²) in [6.45, 7) is 0. The van der Waals surface area contributed by atoms with Crippen LogP contribution in [-0.4, -0.2) is 54.4 Å². The lowest BCUT2D eigenvalue weighted by atomic mass is 10.0. The minimum Gasteiger partial charge on any atom is -0.308 e. The molecule has 11 nitrogen and oxygen atoms in total. The standard InChI is InChI=1S/C80H51N11/c1-9-25-52(26-10-1)66-51-69(82-73(81-66)55-31-15-4-16-32-55)60-43-46-70(65(47-60)80-83-67(53-27-11-2-12-28-53)50-68(84-80)54-29-13-3-14-30-54)91-71-48-61(78-87-74(56-33-17-5-18-34-56)85-75(88-78)57-35-19-6-20-36-57)41-44-63(71)64-45-42-62(49-72(64)91)79-89-76(58-37-21-7-22-38-58)86-77(90-79)59-39-23-8-24-40-59/h1-51H. The van der Waals surface area contributed by atoms with E-state index in [-0.39, 0.29) is 0 Å². The molecule has 0 amide bonds. The maximum atomic E-state index is 5.57. The second-order valence-corrected chi connectivity index (χ2v) is 22.0. The van der Waals surface area contributed by atoms with E-state index in [9.17, 15) is 0 Å². The molecule has 0 saturated carbocycles. The topological polar surface area (TPSA) is 134 Å². The van der Waals surface area contributed by atoms with Gasteiger partial charge in [0.15, 0.2) is 46.6 Å². The molecule has 0 aliphatic carbocycles. The summed E-state index contributed by atoms with van der Waals surface area (Å²) in [5, 5.41) is 1.98. The highest BCUT2D eigenvalue weighted by atomic mass is 15.1. The molecule has 426 valence electrons. The van der Waals surface area contributed by atoms with Crippen molar-refractivity contribution in [2.24, 2.45) is 0 Å². The molecule has 11 aromatic carbocycles. The van der Waals surface area contributed by atoms with Crippen LogP contribution in [0.5, 0.6) is 0 Å². The van der Waals surface area contributed by atoms with Crippen LogP contribution in [0, 0.1) is 0 Å². The highest BCUT2D eigenvalue weighted by molar-refractivity contribution is 6.11. The van der Waals surface area contributed by atoms with E-state index in [2.05, 4.69) is 108 Å². The Balaban J connectivity index is 0.994. The third kappa shape index (κ3) is 10.7. The van der Waals surface area contributed by atoms with Gasteiger partial charge in [0, 0.05) is 77.5 Å². The van der Waals surface area contributed by atoms with Crippen LogP contribution >= 0.6 is 0 Å². The average molecular weight is 1170 g/mol. The van der Waals surface area contributed by atoms with Gasteiger partial charge >= 0.3 is 0 Å². The van der Waals surface area contributed by atoms with E-state index in [1.165, 1.54) is 0 Å². The summed E-state index contributed by atoms with van der Waals surface area (Å²) in [6, 6.07) is 105. The predicted octanol–water partition coefficient (Wildman–Crippen LogP) is 18.7. The lowest BCUT2D eigenvalue weighted by Gasteiger charge is -2.17. The van der Waals surface area contributed by atoms with Crippen LogP contribution in [0.15, 0.2) is 309 Å². The predicted molar refractivity (Wildman–Crippen MR) is 364 cm³/mol. The summed E-state index contributed by atoms with van der Waals surface area (Å²) >= 11 is 0. The highest BCUT2D eigenvalue weighted by Gasteiger charge is 2.24. The third-order valence-corrected chi connectivity index (χ3v) is 16.1. The first-order valence-electron chi connectivity index (χ1n) is 30.0. The van der Waals surface area contributed by atoms with Crippen LogP contribution in [-0.2, 0) is 0 Å². The molecule has 5 heterocycles. The summed E-state index contributed by atoms with van der Waals surface area (Å²) in [7, 11) is 0. The molecule has 11 heteroatoms. The molecule has 0 bridgehead atoms. The molecule has 16 aromatic rings. The maximum Gasteiger partial charge on any atom is 0.164 e. The van der Waals surface area contributed by atoms with Crippen molar-refractivity contribution in [2.45, 2.75) is 0 Å². The molecule has 0 aliphatic heterocycles. The molecule has 91 heavy (non-hydrogen) atoms. The maximum absolute atomic E-state index is 5.57. The van der Waals surface area contributed by atoms with Crippen LogP contribution < -0.4 is 0 Å². The third-order valence-electron chi connectivity index (χ3n) is 16.1. The van der Waals surface area contributed by atoms with Gasteiger partial charge in [0.25, 0.3) is 0 Å². The fourth-order valence-corrected chi connectivity index (χ4v) is 11.7. The molecule has 0 unspecified atom stereocenters. The highest BCUT2D eigenvalue weighted by Crippen LogP contribution is 2.42. The molecule has 0 saturated heterocycles. The first kappa shape index (κ1) is 53.8. The van der Waals surface area contributed by atoms with Crippen molar-refractivity contribution in [1.29, 1.82) is 0 Å². The monoisotopic (exact) mass is 1170 g/mol. The van der Waals surface area contributed by atoms with Crippen molar-refractivity contribution >= 4 is 21.8 Å². The summed E-state index contributed by atoms with van der Waals surface area (Å²) in [4.78, 5) is 52.8. The van der Waals surface area contributed by atoms with Gasteiger partial charge in [-0.1, -0.05) is 273 Å². The number of benzene rings is 11. The number of fused-ring (bicyclic) bond motifs is 3. The van der Waals surface area contributed by atoms with Gasteiger partial charge < -0.3 is 4.57 Å². The molecular weight excluding hydrogens is 1110 g/mol. The first-order valence-corrected chi connectivity index (χ1v) is 30.0. The van der Waals surface area contributed by atoms with Crippen LogP contribution in [0.25, 0.3) is 164 Å². The van der Waals surface area contributed by atoms with Crippen LogP contribution in [0.4, 0.5) is 0 Å². The van der Waals surface area contributed by atoms with Gasteiger partial charge in [-0.15, -0.1) is 0 Å². The Hall–Kier alpha value is -12.6. The van der Waals surface area contributed by atoms with Crippen LogP contribution in [0.2, 0.25) is 0 Å². The molecule has 0 radical (unpaired) electrons. The zero-order valence-corrected chi connectivity index (χ0v) is 48.9. The van der Waals surface area contributed by atoms with Crippen molar-refractivity contribution in [3.05, 3.63) is 309 Å². The number of rotatable bonds is 13. The molecule has 16 rings (SSSR count). The lowest BCUT2D eigenvalue weighted by Crippen LogP contribution is -2.04. The molecule has 0 fully saturated rings. The van der Waals surface area contributed by atoms with Gasteiger partial charge in [-0.2, -0.15) is 0 Å². The Labute approximate surface area is 524 Å². The van der Waals surface area contributed by atoms with E-state index in [1.807, 2.05) is 206 Å².